The van der Waals surface area contributed by atoms with E-state index in [-0.39, 0.29) is 48.0 Å². The Morgan fingerprint density at radius 2 is 1.64 bits per heavy atom. The highest BCUT2D eigenvalue weighted by Gasteiger charge is 2.48. The molecule has 1 aromatic heterocycles. The molecule has 0 radical (unpaired) electrons. The molecule has 1 saturated carbocycles. The number of carbonyl (C=O) groups is 3. The molecular weight excluding hydrogens is 632 g/mol. The number of piperidine rings is 2. The standard InChI is InChI=1S/C38H54N8O4/c47-34-11-5-4-9-28(34)24-42-19-14-38(15-20-42)23-35(48)45-26-31(46-25-29(40-41-46)21-27-7-2-1-3-8-27)22-33(45)37(50)43-17-12-30(13-18-43)44-16-6-10-32(44)36(49)39-38/h4-5,9,11,25,27,30-33,47H,1-3,6-8,10,12-24,26H2,(H,39,49)/t31-,32-,33-/m0/s1. The first kappa shape index (κ1) is 33.6. The van der Waals surface area contributed by atoms with Gasteiger partial charge in [0.15, 0.2) is 0 Å². The topological polar surface area (TPSA) is 127 Å². The Bertz CT molecular complexity index is 1540. The van der Waals surface area contributed by atoms with Gasteiger partial charge in [0.1, 0.15) is 11.8 Å². The summed E-state index contributed by atoms with van der Waals surface area (Å²) in [4.78, 5) is 51.6. The van der Waals surface area contributed by atoms with Crippen molar-refractivity contribution in [3.8, 4) is 5.75 Å². The third kappa shape index (κ3) is 6.89. The molecule has 1 aromatic carbocycles. The number of hydrogen-bond acceptors (Lipinski definition) is 8. The van der Waals surface area contributed by atoms with Gasteiger partial charge in [0.2, 0.25) is 17.7 Å². The molecule has 2 bridgehead atoms. The molecule has 50 heavy (non-hydrogen) atoms. The fourth-order valence-corrected chi connectivity index (χ4v) is 10.0. The zero-order chi connectivity index (χ0) is 34.2. The van der Waals surface area contributed by atoms with Crippen LogP contribution in [-0.4, -0.2) is 120 Å². The monoisotopic (exact) mass is 686 g/mol. The highest BCUT2D eigenvalue weighted by Crippen LogP contribution is 2.36. The lowest BCUT2D eigenvalue weighted by molar-refractivity contribution is -0.147. The van der Waals surface area contributed by atoms with E-state index in [0.29, 0.717) is 64.4 Å². The van der Waals surface area contributed by atoms with Crippen LogP contribution < -0.4 is 5.32 Å². The van der Waals surface area contributed by atoms with Crippen LogP contribution >= 0.6 is 0 Å². The fourth-order valence-electron chi connectivity index (χ4n) is 10.0. The van der Waals surface area contributed by atoms with Crippen LogP contribution in [0.1, 0.15) is 101 Å². The first-order valence-corrected chi connectivity index (χ1v) is 19.4. The number of amides is 3. The highest BCUT2D eigenvalue weighted by atomic mass is 16.3. The van der Waals surface area contributed by atoms with Crippen molar-refractivity contribution in [1.82, 2.24) is 39.9 Å². The van der Waals surface area contributed by atoms with E-state index in [1.54, 1.807) is 6.07 Å². The number of para-hydroxylation sites is 1. The quantitative estimate of drug-likeness (QED) is 0.491. The van der Waals surface area contributed by atoms with Gasteiger partial charge >= 0.3 is 0 Å². The van der Waals surface area contributed by atoms with Crippen molar-refractivity contribution in [1.29, 1.82) is 0 Å². The molecule has 9 rings (SSSR count). The summed E-state index contributed by atoms with van der Waals surface area (Å²) in [6.07, 6.45) is 14.8. The number of rotatable bonds is 5. The summed E-state index contributed by atoms with van der Waals surface area (Å²) < 4.78 is 1.91. The van der Waals surface area contributed by atoms with Crippen LogP contribution in [0.25, 0.3) is 0 Å². The molecular formula is C38H54N8O4. The predicted molar refractivity (Wildman–Crippen MR) is 187 cm³/mol. The van der Waals surface area contributed by atoms with Crippen molar-refractivity contribution >= 4 is 17.7 Å². The summed E-state index contributed by atoms with van der Waals surface area (Å²) in [6.45, 7) is 4.63. The number of nitrogens with zero attached hydrogens (tertiary/aromatic N) is 7. The van der Waals surface area contributed by atoms with Crippen molar-refractivity contribution in [3.63, 3.8) is 0 Å². The van der Waals surface area contributed by atoms with Gasteiger partial charge in [-0.05, 0) is 63.5 Å². The first-order valence-electron chi connectivity index (χ1n) is 19.4. The third-order valence-corrected chi connectivity index (χ3v) is 13.0. The maximum Gasteiger partial charge on any atom is 0.245 e. The summed E-state index contributed by atoms with van der Waals surface area (Å²) >= 11 is 0. The van der Waals surface area contributed by atoms with Gasteiger partial charge in [0.25, 0.3) is 0 Å². The molecule has 270 valence electrons. The van der Waals surface area contributed by atoms with E-state index in [4.69, 9.17) is 0 Å². The van der Waals surface area contributed by atoms with Crippen LogP contribution in [-0.2, 0) is 27.3 Å². The average molecular weight is 687 g/mol. The molecule has 0 unspecified atom stereocenters. The number of hydrogen-bond donors (Lipinski definition) is 2. The summed E-state index contributed by atoms with van der Waals surface area (Å²) in [7, 11) is 0. The van der Waals surface area contributed by atoms with Crippen molar-refractivity contribution < 1.29 is 19.5 Å². The van der Waals surface area contributed by atoms with E-state index in [1.165, 1.54) is 32.1 Å². The normalized spacial score (nSPS) is 29.0. The summed E-state index contributed by atoms with van der Waals surface area (Å²) in [6, 6.07) is 6.84. The lowest BCUT2D eigenvalue weighted by Crippen LogP contribution is -2.62. The Morgan fingerprint density at radius 3 is 2.42 bits per heavy atom. The molecule has 2 aromatic rings. The number of phenols is 1. The highest BCUT2D eigenvalue weighted by molar-refractivity contribution is 5.90. The van der Waals surface area contributed by atoms with Crippen LogP contribution in [0.5, 0.6) is 5.75 Å². The summed E-state index contributed by atoms with van der Waals surface area (Å²) in [5, 5.41) is 23.0. The van der Waals surface area contributed by atoms with E-state index in [9.17, 15) is 19.5 Å². The number of carbonyl (C=O) groups excluding carboxylic acids is 3. The predicted octanol–water partition coefficient (Wildman–Crippen LogP) is 3.26. The minimum atomic E-state index is -0.701. The van der Waals surface area contributed by atoms with Crippen molar-refractivity contribution in [2.24, 2.45) is 5.92 Å². The molecule has 12 nitrogen and oxygen atoms in total. The van der Waals surface area contributed by atoms with Crippen molar-refractivity contribution in [2.45, 2.75) is 126 Å². The van der Waals surface area contributed by atoms with E-state index in [2.05, 4.69) is 31.6 Å². The first-order chi connectivity index (χ1) is 24.3. The second-order valence-corrected chi connectivity index (χ2v) is 16.2. The molecule has 3 atom stereocenters. The van der Waals surface area contributed by atoms with Gasteiger partial charge in [-0.2, -0.15) is 0 Å². The maximum atomic E-state index is 14.6. The van der Waals surface area contributed by atoms with E-state index >= 15 is 0 Å². The minimum Gasteiger partial charge on any atom is -0.508 e. The van der Waals surface area contributed by atoms with E-state index in [1.807, 2.05) is 32.7 Å². The van der Waals surface area contributed by atoms with Crippen molar-refractivity contribution in [2.75, 3.05) is 39.3 Å². The summed E-state index contributed by atoms with van der Waals surface area (Å²) in [5.74, 6) is 0.963. The van der Waals surface area contributed by atoms with Crippen LogP contribution in [0.3, 0.4) is 0 Å². The molecule has 3 amide bonds. The number of benzene rings is 1. The Balaban J connectivity index is 1.04. The van der Waals surface area contributed by atoms with Gasteiger partial charge in [-0.3, -0.25) is 24.2 Å². The van der Waals surface area contributed by atoms with Crippen molar-refractivity contribution in [3.05, 3.63) is 41.7 Å². The molecule has 1 aliphatic carbocycles. The molecule has 6 saturated heterocycles. The van der Waals surface area contributed by atoms with Gasteiger partial charge in [-0.15, -0.1) is 5.10 Å². The second-order valence-electron chi connectivity index (χ2n) is 16.2. The smallest absolute Gasteiger partial charge is 0.245 e. The van der Waals surface area contributed by atoms with Gasteiger partial charge in [-0.25, -0.2) is 4.68 Å². The van der Waals surface area contributed by atoms with Crippen LogP contribution in [0.2, 0.25) is 0 Å². The molecule has 7 heterocycles. The molecule has 1 spiro atoms. The lowest BCUT2D eigenvalue weighted by Gasteiger charge is -2.45. The SMILES string of the molecule is O=C1NC2(CCN(Cc3ccccc3O)CC2)CC(=O)N2C[C@@H](n3cc(CC4CCCCC4)nn3)C[C@H]2C(=O)N2CCC(CC2)N2CCC[C@@H]12. The zero-order valence-electron chi connectivity index (χ0n) is 29.4. The molecule has 2 N–H and O–H groups in total. The largest absolute Gasteiger partial charge is 0.508 e. The van der Waals surface area contributed by atoms with Gasteiger partial charge in [-0.1, -0.05) is 55.5 Å². The minimum absolute atomic E-state index is 0.0454. The second kappa shape index (κ2) is 14.3. The summed E-state index contributed by atoms with van der Waals surface area (Å²) in [5.41, 5.74) is 1.18. The lowest BCUT2D eigenvalue weighted by atomic mass is 9.83. The third-order valence-electron chi connectivity index (χ3n) is 13.0. The number of aromatic nitrogens is 3. The van der Waals surface area contributed by atoms with Crippen LogP contribution in [0.15, 0.2) is 30.5 Å². The average Bonchev–Trinajstić information content (AvgIpc) is 3.91. The van der Waals surface area contributed by atoms with Crippen LogP contribution in [0, 0.1) is 5.92 Å². The molecule has 12 heteroatoms. The van der Waals surface area contributed by atoms with E-state index in [0.717, 1.165) is 49.9 Å². The Labute approximate surface area is 295 Å². The Morgan fingerprint density at radius 1 is 0.860 bits per heavy atom. The Kier molecular flexibility index (Phi) is 9.58. The fraction of sp³-hybridized carbons (Fsp3) is 0.711. The van der Waals surface area contributed by atoms with Gasteiger partial charge in [0.05, 0.1) is 29.7 Å². The van der Waals surface area contributed by atoms with E-state index < -0.39 is 11.6 Å². The number of nitrogens with one attached hydrogen (secondary N) is 1. The molecule has 7 fully saturated rings. The molecule has 7 aliphatic rings. The zero-order valence-corrected chi connectivity index (χ0v) is 29.4. The van der Waals surface area contributed by atoms with Crippen LogP contribution in [0.4, 0.5) is 0 Å². The number of aromatic hydroxyl groups is 1. The number of phenolic OH excluding ortho intramolecular Hbond substituents is 1. The molecule has 6 aliphatic heterocycles. The Hall–Kier alpha value is -3.51. The van der Waals surface area contributed by atoms with Gasteiger partial charge in [0, 0.05) is 63.5 Å². The van der Waals surface area contributed by atoms with Gasteiger partial charge < -0.3 is 20.2 Å². The maximum absolute atomic E-state index is 14.6. The number of likely N-dealkylation sites (tertiary alicyclic amines) is 1. The number of fused-ring (bicyclic) bond motifs is 4.